The van der Waals surface area contributed by atoms with Crippen LogP contribution in [0.15, 0.2) is 18.2 Å². The zero-order valence-corrected chi connectivity index (χ0v) is 15.7. The van der Waals surface area contributed by atoms with E-state index in [0.717, 1.165) is 11.3 Å². The van der Waals surface area contributed by atoms with Gasteiger partial charge in [-0.2, -0.15) is 5.10 Å². The third-order valence-corrected chi connectivity index (χ3v) is 4.52. The topological polar surface area (TPSA) is 46.9 Å². The Morgan fingerprint density at radius 1 is 1.38 bits per heavy atom. The first-order valence-corrected chi connectivity index (χ1v) is 8.94. The quantitative estimate of drug-likeness (QED) is 0.864. The predicted molar refractivity (Wildman–Crippen MR) is 98.3 cm³/mol. The molecule has 2 heterocycles. The first kappa shape index (κ1) is 18.5. The van der Waals surface area contributed by atoms with E-state index in [4.69, 9.17) is 0 Å². The summed E-state index contributed by atoms with van der Waals surface area (Å²) >= 11 is 0. The van der Waals surface area contributed by atoms with Gasteiger partial charge in [-0.15, -0.1) is 0 Å². The van der Waals surface area contributed by atoms with E-state index in [1.807, 2.05) is 20.8 Å². The second kappa shape index (κ2) is 6.82. The van der Waals surface area contributed by atoms with E-state index in [9.17, 15) is 13.6 Å². The number of aryl methyl sites for hydroxylation is 2. The fraction of sp³-hybridized carbons (Fsp3) is 0.500. The maximum absolute atomic E-state index is 14.0. The number of hydrogen-bond donors (Lipinski definition) is 1. The molecule has 0 unspecified atom stereocenters. The van der Waals surface area contributed by atoms with Crippen LogP contribution in [0.1, 0.15) is 44.9 Å². The Morgan fingerprint density at radius 2 is 2.12 bits per heavy atom. The summed E-state index contributed by atoms with van der Waals surface area (Å²) in [5, 5.41) is 7.39. The summed E-state index contributed by atoms with van der Waals surface area (Å²) in [5.74, 6) is -0.00402. The van der Waals surface area contributed by atoms with Gasteiger partial charge in [0, 0.05) is 24.9 Å². The molecule has 1 aromatic heterocycles. The SMILES string of the molecule is Cc1cc(-c2c(NC(=O)CC(C)(C)C)nn3c2C[C@@H](F)CC3)ccc1F. The van der Waals surface area contributed by atoms with Gasteiger partial charge in [0.25, 0.3) is 0 Å². The first-order chi connectivity index (χ1) is 12.1. The average molecular weight is 361 g/mol. The van der Waals surface area contributed by atoms with Crippen molar-refractivity contribution in [3.8, 4) is 11.1 Å². The van der Waals surface area contributed by atoms with E-state index >= 15 is 0 Å². The number of alkyl halides is 1. The van der Waals surface area contributed by atoms with Crippen molar-refractivity contribution in [2.45, 2.75) is 59.7 Å². The fourth-order valence-electron chi connectivity index (χ4n) is 3.31. The van der Waals surface area contributed by atoms with Crippen molar-refractivity contribution >= 4 is 11.7 Å². The molecule has 1 aliphatic heterocycles. The third kappa shape index (κ3) is 3.94. The summed E-state index contributed by atoms with van der Waals surface area (Å²) in [4.78, 5) is 12.4. The number of nitrogens with one attached hydrogen (secondary N) is 1. The lowest BCUT2D eigenvalue weighted by molar-refractivity contribution is -0.117. The van der Waals surface area contributed by atoms with Crippen LogP contribution >= 0.6 is 0 Å². The molecule has 0 saturated heterocycles. The molecule has 1 aliphatic rings. The van der Waals surface area contributed by atoms with Crippen LogP contribution in [0.2, 0.25) is 0 Å². The molecule has 1 atom stereocenters. The maximum atomic E-state index is 14.0. The minimum atomic E-state index is -0.933. The highest BCUT2D eigenvalue weighted by Crippen LogP contribution is 2.36. The number of benzene rings is 1. The third-order valence-electron chi connectivity index (χ3n) is 4.52. The number of nitrogens with zero attached hydrogens (tertiary/aromatic N) is 2. The number of rotatable bonds is 3. The standard InChI is InChI=1S/C20H25F2N3O/c1-12-9-13(5-6-15(12)22)18-16-10-14(21)7-8-25(16)24-19(18)23-17(26)11-20(2,3)4/h5-6,9,14H,7-8,10-11H2,1-4H3,(H,23,24,26)/t14-/m0/s1. The average Bonchev–Trinajstić information content (AvgIpc) is 2.85. The Hall–Kier alpha value is -2.24. The monoisotopic (exact) mass is 361 g/mol. The molecule has 0 spiro atoms. The molecule has 26 heavy (non-hydrogen) atoms. The van der Waals surface area contributed by atoms with E-state index in [-0.39, 0.29) is 23.6 Å². The second-order valence-electron chi connectivity index (χ2n) is 8.23. The summed E-state index contributed by atoms with van der Waals surface area (Å²) in [6.45, 7) is 8.12. The van der Waals surface area contributed by atoms with E-state index in [0.29, 0.717) is 36.3 Å². The maximum Gasteiger partial charge on any atom is 0.226 e. The Balaban J connectivity index is 2.03. The lowest BCUT2D eigenvalue weighted by Gasteiger charge is -2.18. The van der Waals surface area contributed by atoms with Gasteiger partial charge in [0.2, 0.25) is 5.91 Å². The van der Waals surface area contributed by atoms with Crippen LogP contribution in [0.4, 0.5) is 14.6 Å². The van der Waals surface area contributed by atoms with Crippen molar-refractivity contribution in [2.75, 3.05) is 5.32 Å². The molecule has 1 amide bonds. The molecule has 2 aromatic rings. The van der Waals surface area contributed by atoms with Gasteiger partial charge in [0.05, 0.1) is 5.69 Å². The molecule has 0 saturated carbocycles. The number of hydrogen-bond acceptors (Lipinski definition) is 2. The summed E-state index contributed by atoms with van der Waals surface area (Å²) in [5.41, 5.74) is 2.53. The molecule has 0 bridgehead atoms. The summed E-state index contributed by atoms with van der Waals surface area (Å²) in [7, 11) is 0. The number of fused-ring (bicyclic) bond motifs is 1. The summed E-state index contributed by atoms with van der Waals surface area (Å²) < 4.78 is 29.5. The van der Waals surface area contributed by atoms with Crippen molar-refractivity contribution in [3.63, 3.8) is 0 Å². The van der Waals surface area contributed by atoms with Crippen LogP contribution in [-0.4, -0.2) is 21.9 Å². The molecule has 140 valence electrons. The number of halogens is 2. The van der Waals surface area contributed by atoms with Crippen LogP contribution in [-0.2, 0) is 17.8 Å². The van der Waals surface area contributed by atoms with E-state index in [2.05, 4.69) is 10.4 Å². The molecule has 0 fully saturated rings. The highest BCUT2D eigenvalue weighted by molar-refractivity contribution is 5.95. The minimum absolute atomic E-state index is 0.134. The van der Waals surface area contributed by atoms with Crippen molar-refractivity contribution in [2.24, 2.45) is 5.41 Å². The molecular weight excluding hydrogens is 336 g/mol. The number of aromatic nitrogens is 2. The van der Waals surface area contributed by atoms with Gasteiger partial charge in [0.1, 0.15) is 12.0 Å². The summed E-state index contributed by atoms with van der Waals surface area (Å²) in [6.07, 6.45) is 0.0699. The highest BCUT2D eigenvalue weighted by Gasteiger charge is 2.28. The van der Waals surface area contributed by atoms with E-state index in [1.165, 1.54) is 6.07 Å². The normalized spacial score (nSPS) is 17.1. The van der Waals surface area contributed by atoms with E-state index < -0.39 is 6.17 Å². The first-order valence-electron chi connectivity index (χ1n) is 8.94. The molecule has 1 aromatic carbocycles. The molecule has 6 heteroatoms. The number of amides is 1. The fourth-order valence-corrected chi connectivity index (χ4v) is 3.31. The molecule has 0 radical (unpaired) electrons. The smallest absolute Gasteiger partial charge is 0.226 e. The number of carbonyl (C=O) groups is 1. The van der Waals surface area contributed by atoms with Crippen LogP contribution in [0.5, 0.6) is 0 Å². The van der Waals surface area contributed by atoms with Crippen molar-refractivity contribution < 1.29 is 13.6 Å². The molecule has 1 N–H and O–H groups in total. The zero-order valence-electron chi connectivity index (χ0n) is 15.7. The van der Waals surface area contributed by atoms with Crippen LogP contribution in [0.3, 0.4) is 0 Å². The van der Waals surface area contributed by atoms with Crippen LogP contribution in [0.25, 0.3) is 11.1 Å². The lowest BCUT2D eigenvalue weighted by atomic mass is 9.92. The summed E-state index contributed by atoms with van der Waals surface area (Å²) in [6, 6.07) is 4.77. The Morgan fingerprint density at radius 3 is 2.77 bits per heavy atom. The number of carbonyl (C=O) groups excluding carboxylic acids is 1. The zero-order chi connectivity index (χ0) is 19.1. The predicted octanol–water partition coefficient (Wildman–Crippen LogP) is 4.66. The Bertz CT molecular complexity index is 836. The van der Waals surface area contributed by atoms with Crippen molar-refractivity contribution in [3.05, 3.63) is 35.3 Å². The van der Waals surface area contributed by atoms with Crippen LogP contribution in [0, 0.1) is 18.2 Å². The van der Waals surface area contributed by atoms with Gasteiger partial charge in [-0.3, -0.25) is 9.48 Å². The van der Waals surface area contributed by atoms with Gasteiger partial charge in [-0.1, -0.05) is 26.8 Å². The molecule has 0 aliphatic carbocycles. The largest absolute Gasteiger partial charge is 0.309 e. The molecule has 4 nitrogen and oxygen atoms in total. The molecule has 3 rings (SSSR count). The van der Waals surface area contributed by atoms with Gasteiger partial charge >= 0.3 is 0 Å². The van der Waals surface area contributed by atoms with Crippen LogP contribution < -0.4 is 5.32 Å². The second-order valence-corrected chi connectivity index (χ2v) is 8.23. The number of anilines is 1. The highest BCUT2D eigenvalue weighted by atomic mass is 19.1. The molecular formula is C20H25F2N3O. The lowest BCUT2D eigenvalue weighted by Crippen LogP contribution is -2.21. The van der Waals surface area contributed by atoms with Crippen molar-refractivity contribution in [1.82, 2.24) is 9.78 Å². The Kier molecular flexibility index (Phi) is 4.86. The van der Waals surface area contributed by atoms with Gasteiger partial charge in [0.15, 0.2) is 5.82 Å². The minimum Gasteiger partial charge on any atom is -0.309 e. The van der Waals surface area contributed by atoms with Gasteiger partial charge in [-0.25, -0.2) is 8.78 Å². The van der Waals surface area contributed by atoms with Gasteiger partial charge < -0.3 is 5.32 Å². The van der Waals surface area contributed by atoms with E-state index in [1.54, 1.807) is 23.7 Å². The van der Waals surface area contributed by atoms with Gasteiger partial charge in [-0.05, 0) is 42.0 Å². The Labute approximate surface area is 152 Å². The van der Waals surface area contributed by atoms with Crippen molar-refractivity contribution in [1.29, 1.82) is 0 Å².